The number of carboxylic acids is 1. The molecule has 2 aliphatic rings. The number of amides is 2. The van der Waals surface area contributed by atoms with Crippen molar-refractivity contribution >= 4 is 18.0 Å². The molecule has 1 saturated heterocycles. The first-order chi connectivity index (χ1) is 8.16. The smallest absolute Gasteiger partial charge is 0.417 e. The molecule has 100 valence electrons. The Bertz CT molecular complexity index is 419. The van der Waals surface area contributed by atoms with Crippen LogP contribution in [0.4, 0.5) is 4.79 Å². The van der Waals surface area contributed by atoms with Crippen molar-refractivity contribution in [2.24, 2.45) is 5.41 Å². The van der Waals surface area contributed by atoms with Gasteiger partial charge in [0, 0.05) is 0 Å². The van der Waals surface area contributed by atoms with Crippen LogP contribution in [0.3, 0.4) is 0 Å². The summed E-state index contributed by atoms with van der Waals surface area (Å²) in [5.41, 5.74) is -1.36. The van der Waals surface area contributed by atoms with Gasteiger partial charge in [-0.05, 0) is 40.0 Å². The molecule has 0 aromatic carbocycles. The average Bonchev–Trinajstić information content (AvgIpc) is 2.87. The summed E-state index contributed by atoms with van der Waals surface area (Å²) < 4.78 is 5.10. The lowest BCUT2D eigenvalue weighted by Crippen LogP contribution is -2.45. The third kappa shape index (κ3) is 2.07. The normalized spacial score (nSPS) is 25.4. The predicted molar refractivity (Wildman–Crippen MR) is 60.8 cm³/mol. The van der Waals surface area contributed by atoms with E-state index in [0.29, 0.717) is 12.8 Å². The Labute approximate surface area is 105 Å². The lowest BCUT2D eigenvalue weighted by Gasteiger charge is -2.25. The van der Waals surface area contributed by atoms with Gasteiger partial charge in [-0.25, -0.2) is 14.5 Å². The number of rotatable bonds is 1. The van der Waals surface area contributed by atoms with Crippen LogP contribution in [0.5, 0.6) is 0 Å². The lowest BCUT2D eigenvalue weighted by molar-refractivity contribution is -0.146. The molecule has 2 fully saturated rings. The largest absolute Gasteiger partial charge is 0.480 e. The summed E-state index contributed by atoms with van der Waals surface area (Å²) in [6.45, 7) is 5.02. The number of ether oxygens (including phenoxy) is 1. The first kappa shape index (κ1) is 12.9. The monoisotopic (exact) mass is 255 g/mol. The van der Waals surface area contributed by atoms with E-state index >= 15 is 0 Å². The fourth-order valence-electron chi connectivity index (χ4n) is 2.23. The van der Waals surface area contributed by atoms with E-state index in [1.807, 2.05) is 0 Å². The van der Waals surface area contributed by atoms with Gasteiger partial charge in [-0.15, -0.1) is 0 Å². The van der Waals surface area contributed by atoms with Crippen molar-refractivity contribution in [1.29, 1.82) is 0 Å². The van der Waals surface area contributed by atoms with Gasteiger partial charge in [0.2, 0.25) is 5.91 Å². The Balaban J connectivity index is 2.21. The lowest BCUT2D eigenvalue weighted by atomic mass is 10.0. The average molecular weight is 255 g/mol. The zero-order chi connectivity index (χ0) is 13.7. The number of aliphatic carboxylic acids is 1. The SMILES string of the molecule is CC(C)(C)OC(=O)N1C(=O)C2(CC2)C[C@H]1C(=O)O. The van der Waals surface area contributed by atoms with Crippen molar-refractivity contribution < 1.29 is 24.2 Å². The number of carbonyl (C=O) groups excluding carboxylic acids is 2. The molecular weight excluding hydrogens is 238 g/mol. The molecule has 0 aromatic rings. The zero-order valence-electron chi connectivity index (χ0n) is 10.7. The van der Waals surface area contributed by atoms with E-state index in [9.17, 15) is 14.4 Å². The molecule has 1 aliphatic heterocycles. The van der Waals surface area contributed by atoms with Crippen LogP contribution in [0.2, 0.25) is 0 Å². The van der Waals surface area contributed by atoms with E-state index in [0.717, 1.165) is 4.90 Å². The second-order valence-corrected chi connectivity index (χ2v) is 5.99. The minimum Gasteiger partial charge on any atom is -0.480 e. The van der Waals surface area contributed by atoms with E-state index < -0.39 is 35.0 Å². The summed E-state index contributed by atoms with van der Waals surface area (Å²) in [6.07, 6.45) is 0.674. The van der Waals surface area contributed by atoms with Crippen LogP contribution in [0, 0.1) is 5.41 Å². The van der Waals surface area contributed by atoms with Crippen LogP contribution < -0.4 is 0 Å². The van der Waals surface area contributed by atoms with Gasteiger partial charge < -0.3 is 9.84 Å². The van der Waals surface area contributed by atoms with Gasteiger partial charge in [-0.1, -0.05) is 0 Å². The van der Waals surface area contributed by atoms with Crippen LogP contribution in [0.15, 0.2) is 0 Å². The number of nitrogens with zero attached hydrogens (tertiary/aromatic N) is 1. The topological polar surface area (TPSA) is 83.9 Å². The maximum atomic E-state index is 12.1. The molecule has 0 radical (unpaired) electrons. The molecular formula is C12H17NO5. The van der Waals surface area contributed by atoms with Crippen molar-refractivity contribution in [1.82, 2.24) is 4.90 Å². The summed E-state index contributed by atoms with van der Waals surface area (Å²) in [7, 11) is 0. The van der Waals surface area contributed by atoms with Crippen molar-refractivity contribution in [3.05, 3.63) is 0 Å². The number of likely N-dealkylation sites (tertiary alicyclic amines) is 1. The van der Waals surface area contributed by atoms with Gasteiger partial charge >= 0.3 is 12.1 Å². The highest BCUT2D eigenvalue weighted by atomic mass is 16.6. The summed E-state index contributed by atoms with van der Waals surface area (Å²) in [5.74, 6) is -1.55. The molecule has 2 amide bonds. The van der Waals surface area contributed by atoms with Gasteiger partial charge in [-0.2, -0.15) is 0 Å². The molecule has 6 heteroatoms. The van der Waals surface area contributed by atoms with Crippen LogP contribution in [0.1, 0.15) is 40.0 Å². The molecule has 2 rings (SSSR count). The molecule has 1 aliphatic carbocycles. The van der Waals surface area contributed by atoms with Crippen molar-refractivity contribution in [2.75, 3.05) is 0 Å². The van der Waals surface area contributed by atoms with Gasteiger partial charge in [0.15, 0.2) is 0 Å². The standard InChI is InChI=1S/C12H17NO5/c1-11(2,3)18-10(17)13-7(8(14)15)6-12(4-5-12)9(13)16/h7H,4-6H2,1-3H3,(H,14,15)/t7-/m0/s1. The molecule has 0 aromatic heterocycles. The molecule has 1 N–H and O–H groups in total. The van der Waals surface area contributed by atoms with E-state index in [4.69, 9.17) is 9.84 Å². The summed E-state index contributed by atoms with van der Waals surface area (Å²) in [6, 6.07) is -1.09. The van der Waals surface area contributed by atoms with Crippen LogP contribution in [-0.2, 0) is 14.3 Å². The Kier molecular flexibility index (Phi) is 2.64. The second-order valence-electron chi connectivity index (χ2n) is 5.99. The van der Waals surface area contributed by atoms with Crippen LogP contribution in [-0.4, -0.2) is 39.6 Å². The first-order valence-electron chi connectivity index (χ1n) is 5.96. The number of hydrogen-bond donors (Lipinski definition) is 1. The Morgan fingerprint density at radius 3 is 2.33 bits per heavy atom. The van der Waals surface area contributed by atoms with Gasteiger partial charge in [-0.3, -0.25) is 4.79 Å². The minimum absolute atomic E-state index is 0.209. The minimum atomic E-state index is -1.15. The third-order valence-electron chi connectivity index (χ3n) is 3.30. The van der Waals surface area contributed by atoms with E-state index in [-0.39, 0.29) is 6.42 Å². The van der Waals surface area contributed by atoms with Gasteiger partial charge in [0.1, 0.15) is 11.6 Å². The van der Waals surface area contributed by atoms with Crippen LogP contribution >= 0.6 is 0 Å². The second kappa shape index (κ2) is 3.70. The summed E-state index contributed by atoms with van der Waals surface area (Å²) in [4.78, 5) is 35.9. The molecule has 0 unspecified atom stereocenters. The molecule has 0 bridgehead atoms. The third-order valence-corrected chi connectivity index (χ3v) is 3.30. The number of hydrogen-bond acceptors (Lipinski definition) is 4. The quantitative estimate of drug-likeness (QED) is 0.765. The fraction of sp³-hybridized carbons (Fsp3) is 0.750. The molecule has 1 atom stereocenters. The van der Waals surface area contributed by atoms with E-state index in [1.54, 1.807) is 20.8 Å². The van der Waals surface area contributed by atoms with Crippen molar-refractivity contribution in [2.45, 2.75) is 51.7 Å². The number of carbonyl (C=O) groups is 3. The van der Waals surface area contributed by atoms with Crippen LogP contribution in [0.25, 0.3) is 0 Å². The Morgan fingerprint density at radius 2 is 1.94 bits per heavy atom. The highest BCUT2D eigenvalue weighted by molar-refractivity contribution is 6.03. The predicted octanol–water partition coefficient (Wildman–Crippen LogP) is 1.39. The maximum Gasteiger partial charge on any atom is 0.417 e. The molecule has 6 nitrogen and oxygen atoms in total. The fourth-order valence-corrected chi connectivity index (χ4v) is 2.23. The highest BCUT2D eigenvalue weighted by Crippen LogP contribution is 2.55. The summed E-state index contributed by atoms with van der Waals surface area (Å²) in [5, 5.41) is 9.11. The number of carboxylic acid groups (broad SMARTS) is 1. The van der Waals surface area contributed by atoms with E-state index in [2.05, 4.69) is 0 Å². The molecule has 1 saturated carbocycles. The molecule has 18 heavy (non-hydrogen) atoms. The maximum absolute atomic E-state index is 12.1. The highest BCUT2D eigenvalue weighted by Gasteiger charge is 2.63. The van der Waals surface area contributed by atoms with E-state index in [1.165, 1.54) is 0 Å². The first-order valence-corrected chi connectivity index (χ1v) is 5.96. The Morgan fingerprint density at radius 1 is 1.39 bits per heavy atom. The van der Waals surface area contributed by atoms with Crippen molar-refractivity contribution in [3.8, 4) is 0 Å². The Hall–Kier alpha value is -1.59. The molecule has 1 heterocycles. The van der Waals surface area contributed by atoms with Gasteiger partial charge in [0.05, 0.1) is 5.41 Å². The van der Waals surface area contributed by atoms with Crippen molar-refractivity contribution in [3.63, 3.8) is 0 Å². The van der Waals surface area contributed by atoms with Gasteiger partial charge in [0.25, 0.3) is 0 Å². The number of imide groups is 1. The zero-order valence-corrected chi connectivity index (χ0v) is 10.7. The summed E-state index contributed by atoms with van der Waals surface area (Å²) >= 11 is 0. The molecule has 1 spiro atoms.